The average molecular weight is 454 g/mol. The molecule has 0 unspecified atom stereocenters. The van der Waals surface area contributed by atoms with Crippen LogP contribution in [0.1, 0.15) is 44.4 Å². The number of hydrogen-bond donors (Lipinski definition) is 1. The third-order valence-corrected chi connectivity index (χ3v) is 5.38. The summed E-state index contributed by atoms with van der Waals surface area (Å²) in [7, 11) is 1.53. The molecule has 1 amide bonds. The molecule has 0 saturated carbocycles. The van der Waals surface area contributed by atoms with Gasteiger partial charge in [0.15, 0.2) is 0 Å². The minimum Gasteiger partial charge on any atom is -0.507 e. The van der Waals surface area contributed by atoms with E-state index in [2.05, 4.69) is 0 Å². The van der Waals surface area contributed by atoms with Crippen LogP contribution in [0.2, 0.25) is 0 Å². The fraction of sp³-hybridized carbons (Fsp3) is 0.385. The van der Waals surface area contributed by atoms with Gasteiger partial charge in [-0.05, 0) is 57.0 Å². The average Bonchev–Trinajstić information content (AvgIpc) is 3.07. The van der Waals surface area contributed by atoms with Crippen LogP contribution in [0.4, 0.5) is 0 Å². The molecule has 0 aliphatic carbocycles. The highest BCUT2D eigenvalue weighted by molar-refractivity contribution is 6.46. The molecule has 33 heavy (non-hydrogen) atoms. The van der Waals surface area contributed by atoms with Crippen molar-refractivity contribution in [1.29, 1.82) is 0 Å². The Balaban J connectivity index is 2.03. The molecule has 0 radical (unpaired) electrons. The fourth-order valence-corrected chi connectivity index (χ4v) is 3.85. The van der Waals surface area contributed by atoms with E-state index in [0.29, 0.717) is 48.8 Å². The Morgan fingerprint density at radius 3 is 2.45 bits per heavy atom. The molecule has 0 bridgehead atoms. The number of Topliss-reactive ketones (excluding diaryl/α,β-unsaturated/α-hetero) is 1. The van der Waals surface area contributed by atoms with Gasteiger partial charge in [0.25, 0.3) is 11.7 Å². The van der Waals surface area contributed by atoms with Crippen LogP contribution in [0.25, 0.3) is 5.76 Å². The summed E-state index contributed by atoms with van der Waals surface area (Å²) in [6.07, 6.45) is 0.646. The van der Waals surface area contributed by atoms with Crippen molar-refractivity contribution >= 4 is 17.4 Å². The number of nitrogens with zero attached hydrogens (tertiary/aromatic N) is 1. The molecule has 7 nitrogen and oxygen atoms in total. The van der Waals surface area contributed by atoms with Crippen molar-refractivity contribution in [1.82, 2.24) is 4.90 Å². The first kappa shape index (κ1) is 24.3. The largest absolute Gasteiger partial charge is 0.507 e. The molecule has 2 aromatic carbocycles. The topological polar surface area (TPSA) is 85.3 Å². The second-order valence-electron chi connectivity index (χ2n) is 8.00. The Morgan fingerprint density at radius 1 is 1.09 bits per heavy atom. The zero-order valence-corrected chi connectivity index (χ0v) is 19.5. The Bertz CT molecular complexity index is 1010. The van der Waals surface area contributed by atoms with Crippen LogP contribution in [-0.2, 0) is 14.3 Å². The van der Waals surface area contributed by atoms with Gasteiger partial charge in [0.1, 0.15) is 17.3 Å². The Labute approximate surface area is 194 Å². The molecule has 1 N–H and O–H groups in total. The highest BCUT2D eigenvalue weighted by Gasteiger charge is 2.45. The molecule has 0 spiro atoms. The Morgan fingerprint density at radius 2 is 1.82 bits per heavy atom. The predicted octanol–water partition coefficient (Wildman–Crippen LogP) is 4.33. The molecule has 176 valence electrons. The minimum atomic E-state index is -0.717. The number of ether oxygens (including phenoxy) is 3. The number of aliphatic hydroxyl groups excluding tert-OH is 1. The zero-order chi connectivity index (χ0) is 24.0. The number of rotatable bonds is 10. The van der Waals surface area contributed by atoms with Gasteiger partial charge < -0.3 is 24.2 Å². The van der Waals surface area contributed by atoms with E-state index in [1.807, 2.05) is 32.9 Å². The van der Waals surface area contributed by atoms with E-state index in [9.17, 15) is 14.7 Å². The second kappa shape index (κ2) is 11.0. The summed E-state index contributed by atoms with van der Waals surface area (Å²) in [5.41, 5.74) is 1.18. The monoisotopic (exact) mass is 453 g/mol. The standard InChI is InChI=1S/C26H31NO6/c1-5-32-20-12-10-18(11-13-20)23-22(24(28)19-8-6-9-21(16-19)31-4)25(29)26(30)27(23)14-7-15-33-17(2)3/h6,8-13,16-17,23,28H,5,7,14-15H2,1-4H3/t23-/m0/s1. The van der Waals surface area contributed by atoms with Gasteiger partial charge >= 0.3 is 0 Å². The summed E-state index contributed by atoms with van der Waals surface area (Å²) in [6, 6.07) is 13.3. The van der Waals surface area contributed by atoms with Gasteiger partial charge in [0, 0.05) is 18.7 Å². The van der Waals surface area contributed by atoms with Gasteiger partial charge in [-0.25, -0.2) is 0 Å². The number of ketones is 1. The van der Waals surface area contributed by atoms with Crippen molar-refractivity contribution < 1.29 is 28.9 Å². The van der Waals surface area contributed by atoms with Gasteiger partial charge in [0.2, 0.25) is 0 Å². The molecule has 1 saturated heterocycles. The van der Waals surface area contributed by atoms with Gasteiger partial charge in [-0.15, -0.1) is 0 Å². The lowest BCUT2D eigenvalue weighted by atomic mass is 9.95. The number of carbonyl (C=O) groups is 2. The second-order valence-corrected chi connectivity index (χ2v) is 8.00. The van der Waals surface area contributed by atoms with Crippen molar-refractivity contribution in [2.75, 3.05) is 26.9 Å². The van der Waals surface area contributed by atoms with Crippen molar-refractivity contribution in [3.05, 3.63) is 65.2 Å². The maximum Gasteiger partial charge on any atom is 0.295 e. The normalized spacial score (nSPS) is 17.6. The van der Waals surface area contributed by atoms with E-state index < -0.39 is 17.7 Å². The van der Waals surface area contributed by atoms with Gasteiger partial charge in [0.05, 0.1) is 31.4 Å². The SMILES string of the molecule is CCOc1ccc([C@H]2C(=C(O)c3cccc(OC)c3)C(=O)C(=O)N2CCCOC(C)C)cc1. The van der Waals surface area contributed by atoms with Crippen LogP contribution in [0.5, 0.6) is 11.5 Å². The van der Waals surface area contributed by atoms with Gasteiger partial charge in [-0.3, -0.25) is 9.59 Å². The van der Waals surface area contributed by atoms with Crippen molar-refractivity contribution in [3.8, 4) is 11.5 Å². The van der Waals surface area contributed by atoms with Crippen LogP contribution >= 0.6 is 0 Å². The molecule has 1 aliphatic heterocycles. The number of likely N-dealkylation sites (tertiary alicyclic amines) is 1. The van der Waals surface area contributed by atoms with Gasteiger partial charge in [-0.1, -0.05) is 24.3 Å². The molecule has 3 rings (SSSR count). The molecule has 1 aliphatic rings. The number of methoxy groups -OCH3 is 1. The number of hydrogen-bond acceptors (Lipinski definition) is 6. The first-order chi connectivity index (χ1) is 15.9. The summed E-state index contributed by atoms with van der Waals surface area (Å²) >= 11 is 0. The lowest BCUT2D eigenvalue weighted by Crippen LogP contribution is -2.31. The molecule has 1 heterocycles. The summed E-state index contributed by atoms with van der Waals surface area (Å²) in [6.45, 7) is 7.11. The molecule has 0 aromatic heterocycles. The Hall–Kier alpha value is -3.32. The van der Waals surface area contributed by atoms with Crippen LogP contribution in [0.3, 0.4) is 0 Å². The highest BCUT2D eigenvalue weighted by atomic mass is 16.5. The van der Waals surface area contributed by atoms with E-state index in [-0.39, 0.29) is 17.4 Å². The van der Waals surface area contributed by atoms with Crippen LogP contribution < -0.4 is 9.47 Å². The summed E-state index contributed by atoms with van der Waals surface area (Å²) < 4.78 is 16.4. The molecule has 2 aromatic rings. The van der Waals surface area contributed by atoms with E-state index in [1.54, 1.807) is 36.4 Å². The van der Waals surface area contributed by atoms with Crippen LogP contribution in [-0.4, -0.2) is 54.7 Å². The van der Waals surface area contributed by atoms with Gasteiger partial charge in [-0.2, -0.15) is 0 Å². The van der Waals surface area contributed by atoms with E-state index in [0.717, 1.165) is 0 Å². The van der Waals surface area contributed by atoms with Crippen molar-refractivity contribution in [2.24, 2.45) is 0 Å². The minimum absolute atomic E-state index is 0.0576. The molecular formula is C26H31NO6. The predicted molar refractivity (Wildman–Crippen MR) is 125 cm³/mol. The third-order valence-electron chi connectivity index (χ3n) is 5.38. The quantitative estimate of drug-likeness (QED) is 0.249. The van der Waals surface area contributed by atoms with E-state index in [1.165, 1.54) is 12.0 Å². The third kappa shape index (κ3) is 5.54. The van der Waals surface area contributed by atoms with Crippen LogP contribution in [0, 0.1) is 0 Å². The zero-order valence-electron chi connectivity index (χ0n) is 19.5. The smallest absolute Gasteiger partial charge is 0.295 e. The Kier molecular flexibility index (Phi) is 8.11. The number of aliphatic hydroxyl groups is 1. The lowest BCUT2D eigenvalue weighted by Gasteiger charge is -2.25. The fourth-order valence-electron chi connectivity index (χ4n) is 3.85. The summed E-state index contributed by atoms with van der Waals surface area (Å²) in [4.78, 5) is 27.6. The first-order valence-electron chi connectivity index (χ1n) is 11.1. The maximum absolute atomic E-state index is 13.1. The van der Waals surface area contributed by atoms with Crippen LogP contribution in [0.15, 0.2) is 54.1 Å². The van der Waals surface area contributed by atoms with Crippen molar-refractivity contribution in [3.63, 3.8) is 0 Å². The molecular weight excluding hydrogens is 422 g/mol. The summed E-state index contributed by atoms with van der Waals surface area (Å²) in [5.74, 6) is -0.345. The summed E-state index contributed by atoms with van der Waals surface area (Å²) in [5, 5.41) is 11.1. The first-order valence-corrected chi connectivity index (χ1v) is 11.1. The highest BCUT2D eigenvalue weighted by Crippen LogP contribution is 2.40. The van der Waals surface area contributed by atoms with E-state index >= 15 is 0 Å². The molecule has 7 heteroatoms. The molecule has 1 fully saturated rings. The maximum atomic E-state index is 13.1. The number of carbonyl (C=O) groups excluding carboxylic acids is 2. The number of benzene rings is 2. The lowest BCUT2D eigenvalue weighted by molar-refractivity contribution is -0.140. The molecule has 1 atom stereocenters. The van der Waals surface area contributed by atoms with Crippen molar-refractivity contribution in [2.45, 2.75) is 39.3 Å². The number of amides is 1. The van der Waals surface area contributed by atoms with E-state index in [4.69, 9.17) is 14.2 Å².